The first-order valence-corrected chi connectivity index (χ1v) is 7.62. The number of halogens is 2. The molecule has 2 nitrogen and oxygen atoms in total. The molecule has 0 heterocycles. The largest absolute Gasteiger partial charge is 0.396 e. The van der Waals surface area contributed by atoms with Crippen molar-refractivity contribution >= 4 is 23.2 Å². The Morgan fingerprint density at radius 3 is 2.63 bits per heavy atom. The normalized spacial score (nSPS) is 19.6. The number of hydrogen-bond donors (Lipinski definition) is 2. The van der Waals surface area contributed by atoms with Gasteiger partial charge in [-0.2, -0.15) is 0 Å². The molecule has 1 atom stereocenters. The fraction of sp³-hybridized carbons (Fsp3) is 0.600. The maximum absolute atomic E-state index is 9.61. The van der Waals surface area contributed by atoms with Crippen molar-refractivity contribution in [1.29, 1.82) is 0 Å². The van der Waals surface area contributed by atoms with Crippen molar-refractivity contribution in [2.45, 2.75) is 38.6 Å². The van der Waals surface area contributed by atoms with Gasteiger partial charge < -0.3 is 10.4 Å². The summed E-state index contributed by atoms with van der Waals surface area (Å²) >= 11 is 12.3. The van der Waals surface area contributed by atoms with E-state index in [4.69, 9.17) is 23.2 Å². The van der Waals surface area contributed by atoms with Crippen LogP contribution < -0.4 is 5.32 Å². The second kappa shape index (κ2) is 6.45. The van der Waals surface area contributed by atoms with Gasteiger partial charge in [0.05, 0.1) is 10.0 Å². The highest BCUT2D eigenvalue weighted by Gasteiger charge is 2.33. The molecule has 106 valence electrons. The molecule has 0 amide bonds. The zero-order valence-electron chi connectivity index (χ0n) is 11.3. The molecule has 1 aromatic carbocycles. The summed E-state index contributed by atoms with van der Waals surface area (Å²) in [5, 5.41) is 14.3. The van der Waals surface area contributed by atoms with E-state index in [0.29, 0.717) is 10.0 Å². The predicted octanol–water partition coefficient (Wildman–Crippen LogP) is 4.20. The van der Waals surface area contributed by atoms with Gasteiger partial charge in [-0.15, -0.1) is 0 Å². The van der Waals surface area contributed by atoms with Crippen LogP contribution in [0.2, 0.25) is 10.0 Å². The van der Waals surface area contributed by atoms with Gasteiger partial charge >= 0.3 is 0 Å². The quantitative estimate of drug-likeness (QED) is 0.854. The molecule has 19 heavy (non-hydrogen) atoms. The first kappa shape index (κ1) is 15.1. The Morgan fingerprint density at radius 2 is 2.00 bits per heavy atom. The molecular weight excluding hydrogens is 281 g/mol. The van der Waals surface area contributed by atoms with Crippen molar-refractivity contribution in [3.05, 3.63) is 33.8 Å². The van der Waals surface area contributed by atoms with Crippen molar-refractivity contribution in [2.24, 2.45) is 5.41 Å². The minimum absolute atomic E-state index is 0.0549. The third kappa shape index (κ3) is 3.43. The van der Waals surface area contributed by atoms with Crippen LogP contribution >= 0.6 is 23.2 Å². The second-order valence-electron chi connectivity index (χ2n) is 5.61. The number of aliphatic hydroxyl groups excluding tert-OH is 1. The molecule has 1 aromatic rings. The van der Waals surface area contributed by atoms with Gasteiger partial charge in [0, 0.05) is 24.6 Å². The monoisotopic (exact) mass is 301 g/mol. The summed E-state index contributed by atoms with van der Waals surface area (Å²) in [4.78, 5) is 0. The Balaban J connectivity index is 2.01. The Hall–Kier alpha value is -0.280. The topological polar surface area (TPSA) is 32.3 Å². The van der Waals surface area contributed by atoms with Crippen LogP contribution in [0.3, 0.4) is 0 Å². The molecule has 2 rings (SSSR count). The average molecular weight is 302 g/mol. The average Bonchev–Trinajstić information content (AvgIpc) is 2.89. The van der Waals surface area contributed by atoms with Crippen LogP contribution in [-0.4, -0.2) is 18.3 Å². The zero-order chi connectivity index (χ0) is 13.9. The fourth-order valence-electron chi connectivity index (χ4n) is 2.85. The molecule has 0 spiro atoms. The molecule has 4 heteroatoms. The Bertz CT molecular complexity index is 430. The van der Waals surface area contributed by atoms with Gasteiger partial charge in [-0.1, -0.05) is 48.2 Å². The standard InChI is InChI=1S/C15H21Cl2NO/c1-11(12-5-4-6-13(16)14(12)17)18-9-15(10-19)7-2-3-8-15/h4-6,11,18-19H,2-3,7-10H2,1H3. The second-order valence-corrected chi connectivity index (χ2v) is 6.40. The number of rotatable bonds is 5. The third-order valence-electron chi connectivity index (χ3n) is 4.23. The van der Waals surface area contributed by atoms with Crippen LogP contribution in [0.25, 0.3) is 0 Å². The van der Waals surface area contributed by atoms with Gasteiger partial charge in [0.1, 0.15) is 0 Å². The van der Waals surface area contributed by atoms with E-state index in [-0.39, 0.29) is 18.1 Å². The van der Waals surface area contributed by atoms with Crippen LogP contribution in [-0.2, 0) is 0 Å². The lowest BCUT2D eigenvalue weighted by molar-refractivity contribution is 0.125. The highest BCUT2D eigenvalue weighted by molar-refractivity contribution is 6.42. The predicted molar refractivity (Wildman–Crippen MR) is 80.9 cm³/mol. The number of aliphatic hydroxyl groups is 1. The summed E-state index contributed by atoms with van der Waals surface area (Å²) < 4.78 is 0. The lowest BCUT2D eigenvalue weighted by atomic mass is 9.87. The Kier molecular flexibility index (Phi) is 5.13. The molecule has 1 aliphatic rings. The molecule has 1 aliphatic carbocycles. The fourth-order valence-corrected chi connectivity index (χ4v) is 3.32. The molecule has 0 aromatic heterocycles. The van der Waals surface area contributed by atoms with E-state index in [2.05, 4.69) is 12.2 Å². The first-order valence-electron chi connectivity index (χ1n) is 6.86. The highest BCUT2D eigenvalue weighted by Crippen LogP contribution is 2.38. The van der Waals surface area contributed by atoms with Gasteiger partial charge in [0.2, 0.25) is 0 Å². The van der Waals surface area contributed by atoms with E-state index >= 15 is 0 Å². The molecule has 1 fully saturated rings. The van der Waals surface area contributed by atoms with Crippen molar-refractivity contribution in [3.8, 4) is 0 Å². The molecule has 1 saturated carbocycles. The summed E-state index contributed by atoms with van der Waals surface area (Å²) in [6.45, 7) is 3.17. The van der Waals surface area contributed by atoms with Crippen LogP contribution in [0.4, 0.5) is 0 Å². The summed E-state index contributed by atoms with van der Waals surface area (Å²) in [6, 6.07) is 5.84. The van der Waals surface area contributed by atoms with E-state index in [1.54, 1.807) is 6.07 Å². The van der Waals surface area contributed by atoms with Gasteiger partial charge in [0.15, 0.2) is 0 Å². The SMILES string of the molecule is CC(NCC1(CO)CCCC1)c1cccc(Cl)c1Cl. The van der Waals surface area contributed by atoms with Crippen molar-refractivity contribution in [2.75, 3.05) is 13.2 Å². The molecule has 0 bridgehead atoms. The maximum Gasteiger partial charge on any atom is 0.0639 e. The third-order valence-corrected chi connectivity index (χ3v) is 5.06. The molecule has 0 saturated heterocycles. The van der Waals surface area contributed by atoms with E-state index in [9.17, 15) is 5.11 Å². The minimum Gasteiger partial charge on any atom is -0.396 e. The Labute approximate surface area is 125 Å². The molecule has 0 aliphatic heterocycles. The molecule has 1 unspecified atom stereocenters. The zero-order valence-corrected chi connectivity index (χ0v) is 12.8. The highest BCUT2D eigenvalue weighted by atomic mass is 35.5. The molecule has 2 N–H and O–H groups in total. The lowest BCUT2D eigenvalue weighted by Gasteiger charge is -2.29. The summed E-state index contributed by atoms with van der Waals surface area (Å²) in [5.74, 6) is 0. The van der Waals surface area contributed by atoms with Crippen molar-refractivity contribution < 1.29 is 5.11 Å². The van der Waals surface area contributed by atoms with Gasteiger partial charge in [-0.3, -0.25) is 0 Å². The number of nitrogens with one attached hydrogen (secondary N) is 1. The lowest BCUT2D eigenvalue weighted by Crippen LogP contribution is -2.36. The van der Waals surface area contributed by atoms with E-state index < -0.39 is 0 Å². The van der Waals surface area contributed by atoms with Crippen LogP contribution in [0.1, 0.15) is 44.2 Å². The number of hydrogen-bond acceptors (Lipinski definition) is 2. The van der Waals surface area contributed by atoms with E-state index in [1.807, 2.05) is 12.1 Å². The van der Waals surface area contributed by atoms with Crippen molar-refractivity contribution in [1.82, 2.24) is 5.32 Å². The summed E-state index contributed by atoms with van der Waals surface area (Å²) in [5.41, 5.74) is 1.07. The van der Waals surface area contributed by atoms with Gasteiger partial charge in [-0.25, -0.2) is 0 Å². The summed E-state index contributed by atoms with van der Waals surface area (Å²) in [6.07, 6.45) is 4.64. The smallest absolute Gasteiger partial charge is 0.0639 e. The Morgan fingerprint density at radius 1 is 1.32 bits per heavy atom. The van der Waals surface area contributed by atoms with Gasteiger partial charge in [0.25, 0.3) is 0 Å². The van der Waals surface area contributed by atoms with E-state index in [1.165, 1.54) is 12.8 Å². The molecule has 0 radical (unpaired) electrons. The van der Waals surface area contributed by atoms with Crippen LogP contribution in [0.15, 0.2) is 18.2 Å². The van der Waals surface area contributed by atoms with E-state index in [0.717, 1.165) is 24.9 Å². The maximum atomic E-state index is 9.61. The van der Waals surface area contributed by atoms with Crippen molar-refractivity contribution in [3.63, 3.8) is 0 Å². The van der Waals surface area contributed by atoms with Gasteiger partial charge in [-0.05, 0) is 31.4 Å². The molecular formula is C15H21Cl2NO. The summed E-state index contributed by atoms with van der Waals surface area (Å²) in [7, 11) is 0. The van der Waals surface area contributed by atoms with Crippen LogP contribution in [0, 0.1) is 5.41 Å². The minimum atomic E-state index is 0.0549. The number of benzene rings is 1. The first-order chi connectivity index (χ1) is 9.08. The van der Waals surface area contributed by atoms with Crippen LogP contribution in [0.5, 0.6) is 0 Å².